The van der Waals surface area contributed by atoms with Crippen molar-refractivity contribution in [3.63, 3.8) is 0 Å². The summed E-state index contributed by atoms with van der Waals surface area (Å²) in [6.45, 7) is -0.276. The first-order chi connectivity index (χ1) is 12.0. The van der Waals surface area contributed by atoms with Crippen molar-refractivity contribution in [3.8, 4) is 11.3 Å². The molecule has 25 heavy (non-hydrogen) atoms. The van der Waals surface area contributed by atoms with Crippen molar-refractivity contribution in [2.75, 3.05) is 11.9 Å². The lowest BCUT2D eigenvalue weighted by Gasteiger charge is -2.08. The molecule has 1 N–H and O–H groups in total. The molecule has 0 atom stereocenters. The van der Waals surface area contributed by atoms with Crippen LogP contribution in [0.25, 0.3) is 22.4 Å². The van der Waals surface area contributed by atoms with Crippen LogP contribution in [0.15, 0.2) is 43.0 Å². The molecule has 0 unspecified atom stereocenters. The van der Waals surface area contributed by atoms with Crippen molar-refractivity contribution in [1.82, 2.24) is 29.2 Å². The van der Waals surface area contributed by atoms with Gasteiger partial charge in [0, 0.05) is 30.7 Å². The fourth-order valence-electron chi connectivity index (χ4n) is 2.47. The minimum Gasteiger partial charge on any atom is -0.353 e. The number of fused-ring (bicyclic) bond motifs is 2. The molecule has 4 aromatic rings. The first-order valence-corrected chi connectivity index (χ1v) is 7.45. The van der Waals surface area contributed by atoms with Gasteiger partial charge in [0.2, 0.25) is 5.95 Å². The predicted octanol–water partition coefficient (Wildman–Crippen LogP) is 2.80. The summed E-state index contributed by atoms with van der Waals surface area (Å²) in [5.74, 6) is 0.136. The van der Waals surface area contributed by atoms with E-state index in [1.807, 2.05) is 18.2 Å². The molecule has 0 aliphatic heterocycles. The van der Waals surface area contributed by atoms with Crippen LogP contribution < -0.4 is 5.32 Å². The second kappa shape index (κ2) is 5.72. The van der Waals surface area contributed by atoms with Gasteiger partial charge in [-0.1, -0.05) is 0 Å². The second-order valence-electron chi connectivity index (χ2n) is 5.38. The van der Waals surface area contributed by atoms with Gasteiger partial charge < -0.3 is 5.32 Å². The van der Waals surface area contributed by atoms with Crippen LogP contribution in [0.4, 0.5) is 19.1 Å². The highest BCUT2D eigenvalue weighted by Crippen LogP contribution is 2.24. The zero-order valence-corrected chi connectivity index (χ0v) is 12.8. The summed E-state index contributed by atoms with van der Waals surface area (Å²) in [4.78, 5) is 8.22. The lowest BCUT2D eigenvalue weighted by atomic mass is 10.2. The van der Waals surface area contributed by atoms with Gasteiger partial charge in [-0.05, 0) is 18.2 Å². The van der Waals surface area contributed by atoms with E-state index in [0.29, 0.717) is 5.52 Å². The van der Waals surface area contributed by atoms with Crippen LogP contribution in [0.5, 0.6) is 0 Å². The number of rotatable bonds is 4. The maximum absolute atomic E-state index is 12.2. The summed E-state index contributed by atoms with van der Waals surface area (Å²) >= 11 is 0. The molecular weight excluding hydrogens is 335 g/mol. The molecule has 4 aromatic heterocycles. The number of alkyl halides is 3. The van der Waals surface area contributed by atoms with E-state index in [4.69, 9.17) is 0 Å². The third-order valence-corrected chi connectivity index (χ3v) is 3.64. The van der Waals surface area contributed by atoms with Gasteiger partial charge in [0.1, 0.15) is 0 Å². The Morgan fingerprint density at radius 2 is 1.88 bits per heavy atom. The van der Waals surface area contributed by atoms with E-state index in [2.05, 4.69) is 25.5 Å². The Labute approximate surface area is 139 Å². The van der Waals surface area contributed by atoms with Crippen LogP contribution in [0.1, 0.15) is 6.42 Å². The van der Waals surface area contributed by atoms with Crippen molar-refractivity contribution in [1.29, 1.82) is 0 Å². The van der Waals surface area contributed by atoms with E-state index in [0.717, 1.165) is 16.9 Å². The highest BCUT2D eigenvalue weighted by atomic mass is 19.4. The SMILES string of the molecule is FC(F)(F)CCNc1ncc2c(-c3ccc4nccn4n3)ccn2n1. The maximum atomic E-state index is 12.2. The maximum Gasteiger partial charge on any atom is 0.390 e. The average molecular weight is 347 g/mol. The van der Waals surface area contributed by atoms with Gasteiger partial charge >= 0.3 is 6.18 Å². The van der Waals surface area contributed by atoms with Gasteiger partial charge in [-0.25, -0.2) is 19.0 Å². The zero-order valence-electron chi connectivity index (χ0n) is 12.8. The average Bonchev–Trinajstić information content (AvgIpc) is 3.19. The number of nitrogens with zero attached hydrogens (tertiary/aromatic N) is 6. The molecule has 128 valence electrons. The molecule has 7 nitrogen and oxygen atoms in total. The van der Waals surface area contributed by atoms with Crippen LogP contribution in [0.3, 0.4) is 0 Å². The number of halogens is 3. The van der Waals surface area contributed by atoms with Gasteiger partial charge in [-0.3, -0.25) is 0 Å². The van der Waals surface area contributed by atoms with Gasteiger partial charge in [0.15, 0.2) is 5.65 Å². The summed E-state index contributed by atoms with van der Waals surface area (Å²) < 4.78 is 39.8. The summed E-state index contributed by atoms with van der Waals surface area (Å²) in [5.41, 5.74) is 2.97. The highest BCUT2D eigenvalue weighted by Gasteiger charge is 2.26. The van der Waals surface area contributed by atoms with Gasteiger partial charge in [0.25, 0.3) is 0 Å². The van der Waals surface area contributed by atoms with Gasteiger partial charge in [0.05, 0.1) is 23.8 Å². The quantitative estimate of drug-likeness (QED) is 0.615. The fraction of sp³-hybridized carbons (Fsp3) is 0.200. The summed E-state index contributed by atoms with van der Waals surface area (Å²) in [5, 5.41) is 11.2. The number of hydrogen-bond acceptors (Lipinski definition) is 5. The standard InChI is InChI=1S/C15H12F3N7/c16-15(17,18)4-5-20-14-21-9-12-10(3-7-24(12)23-14)11-1-2-13-19-6-8-25(13)22-11/h1-3,6-9H,4-5H2,(H,20,23). The first-order valence-electron chi connectivity index (χ1n) is 7.45. The summed E-state index contributed by atoms with van der Waals surface area (Å²) in [6, 6.07) is 5.52. The lowest BCUT2D eigenvalue weighted by molar-refractivity contribution is -0.131. The summed E-state index contributed by atoms with van der Waals surface area (Å²) in [7, 11) is 0. The number of imidazole rings is 1. The molecule has 10 heteroatoms. The molecule has 0 saturated carbocycles. The molecule has 4 rings (SSSR count). The zero-order chi connectivity index (χ0) is 17.4. The fourth-order valence-corrected chi connectivity index (χ4v) is 2.47. The Hall–Kier alpha value is -3.17. The Morgan fingerprint density at radius 3 is 2.72 bits per heavy atom. The molecule has 0 bridgehead atoms. The molecular formula is C15H12F3N7. The van der Waals surface area contributed by atoms with E-state index in [1.165, 1.54) is 0 Å². The van der Waals surface area contributed by atoms with Crippen LogP contribution in [-0.2, 0) is 0 Å². The van der Waals surface area contributed by atoms with Crippen LogP contribution in [-0.4, -0.2) is 41.9 Å². The molecule has 0 fully saturated rings. The Morgan fingerprint density at radius 1 is 1.00 bits per heavy atom. The van der Waals surface area contributed by atoms with E-state index < -0.39 is 12.6 Å². The normalized spacial score (nSPS) is 12.1. The van der Waals surface area contributed by atoms with Crippen molar-refractivity contribution < 1.29 is 13.2 Å². The van der Waals surface area contributed by atoms with Crippen molar-refractivity contribution in [2.45, 2.75) is 12.6 Å². The highest BCUT2D eigenvalue weighted by molar-refractivity contribution is 5.78. The molecule has 0 aliphatic carbocycles. The number of nitrogens with one attached hydrogen (secondary N) is 1. The van der Waals surface area contributed by atoms with Crippen molar-refractivity contribution >= 4 is 17.1 Å². The molecule has 0 saturated heterocycles. The van der Waals surface area contributed by atoms with Crippen LogP contribution in [0.2, 0.25) is 0 Å². The molecule has 0 radical (unpaired) electrons. The Balaban J connectivity index is 1.61. The number of anilines is 1. The van der Waals surface area contributed by atoms with Gasteiger partial charge in [-0.2, -0.15) is 18.3 Å². The van der Waals surface area contributed by atoms with E-state index in [1.54, 1.807) is 33.8 Å². The summed E-state index contributed by atoms with van der Waals surface area (Å²) in [6.07, 6.45) is 1.51. The monoisotopic (exact) mass is 347 g/mol. The minimum absolute atomic E-state index is 0.136. The van der Waals surface area contributed by atoms with E-state index in [9.17, 15) is 13.2 Å². The lowest BCUT2D eigenvalue weighted by Crippen LogP contribution is -2.16. The third-order valence-electron chi connectivity index (χ3n) is 3.64. The van der Waals surface area contributed by atoms with E-state index >= 15 is 0 Å². The molecule has 0 aromatic carbocycles. The van der Waals surface area contributed by atoms with Crippen molar-refractivity contribution in [2.24, 2.45) is 0 Å². The molecule has 4 heterocycles. The largest absolute Gasteiger partial charge is 0.390 e. The van der Waals surface area contributed by atoms with Crippen molar-refractivity contribution in [3.05, 3.63) is 43.0 Å². The van der Waals surface area contributed by atoms with Gasteiger partial charge in [-0.15, -0.1) is 5.10 Å². The predicted molar refractivity (Wildman–Crippen MR) is 84.1 cm³/mol. The van der Waals surface area contributed by atoms with Crippen LogP contribution >= 0.6 is 0 Å². The topological polar surface area (TPSA) is 72.4 Å². The third kappa shape index (κ3) is 3.10. The first kappa shape index (κ1) is 15.4. The Bertz CT molecular complexity index is 1030. The molecule has 0 spiro atoms. The number of aromatic nitrogens is 6. The van der Waals surface area contributed by atoms with Crippen LogP contribution in [0, 0.1) is 0 Å². The smallest absolute Gasteiger partial charge is 0.353 e. The van der Waals surface area contributed by atoms with E-state index in [-0.39, 0.29) is 12.5 Å². The molecule has 0 amide bonds. The second-order valence-corrected chi connectivity index (χ2v) is 5.38. The minimum atomic E-state index is -4.21. The Kier molecular flexibility index (Phi) is 3.52. The number of hydrogen-bond donors (Lipinski definition) is 1. The molecule has 0 aliphatic rings.